The second kappa shape index (κ2) is 7.89. The number of carbonyl (C=O) groups is 1. The second-order valence-corrected chi connectivity index (χ2v) is 5.72. The van der Waals surface area contributed by atoms with Gasteiger partial charge in [0.1, 0.15) is 17.0 Å². The fraction of sp³-hybridized carbons (Fsp3) is 0.111. The smallest absolute Gasteiger partial charge is 0.432 e. The molecule has 0 aliphatic carbocycles. The number of rotatable bonds is 5. The number of esters is 1. The minimum atomic E-state index is -4.86. The number of hydrogen-bond acceptors (Lipinski definition) is 6. The van der Waals surface area contributed by atoms with Crippen molar-refractivity contribution in [2.75, 3.05) is 0 Å². The van der Waals surface area contributed by atoms with Crippen LogP contribution in [0.4, 0.5) is 27.6 Å². The maximum atomic E-state index is 13.0. The van der Waals surface area contributed by atoms with E-state index in [2.05, 4.69) is 9.72 Å². The van der Waals surface area contributed by atoms with Gasteiger partial charge in [0.25, 0.3) is 5.69 Å². The van der Waals surface area contributed by atoms with Crippen molar-refractivity contribution in [3.8, 4) is 11.5 Å². The number of benzene rings is 2. The van der Waals surface area contributed by atoms with Crippen molar-refractivity contribution < 1.29 is 41.1 Å². The summed E-state index contributed by atoms with van der Waals surface area (Å²) >= 11 is 0. The molecular weight excluding hydrogens is 419 g/mol. The molecule has 7 nitrogen and oxygen atoms in total. The summed E-state index contributed by atoms with van der Waals surface area (Å²) in [5, 5.41) is 10.4. The van der Waals surface area contributed by atoms with Gasteiger partial charge in [0.05, 0.1) is 10.5 Å². The lowest BCUT2D eigenvalue weighted by atomic mass is 10.1. The Balaban J connectivity index is 2.02. The number of nitrogens with zero attached hydrogens (tertiary/aromatic N) is 2. The van der Waals surface area contributed by atoms with Gasteiger partial charge in [-0.2, -0.15) is 22.0 Å². The second-order valence-electron chi connectivity index (χ2n) is 5.72. The Hall–Kier alpha value is -3.83. The predicted octanol–water partition coefficient (Wildman–Crippen LogP) is 4.98. The molecule has 0 bridgehead atoms. The van der Waals surface area contributed by atoms with Gasteiger partial charge < -0.3 is 9.47 Å². The van der Waals surface area contributed by atoms with Crippen LogP contribution in [0.1, 0.15) is 16.1 Å². The van der Waals surface area contributed by atoms with Crippen molar-refractivity contribution in [2.24, 2.45) is 0 Å². The van der Waals surface area contributed by atoms with Crippen LogP contribution in [0.3, 0.4) is 0 Å². The van der Waals surface area contributed by atoms with Crippen LogP contribution in [0.5, 0.6) is 11.5 Å². The van der Waals surface area contributed by atoms with Gasteiger partial charge in [-0.05, 0) is 36.4 Å². The summed E-state index contributed by atoms with van der Waals surface area (Å²) in [5.41, 5.74) is -2.50. The molecule has 0 atom stereocenters. The van der Waals surface area contributed by atoms with Gasteiger partial charge >= 0.3 is 18.8 Å². The first-order chi connectivity index (χ1) is 14.1. The van der Waals surface area contributed by atoms with Crippen LogP contribution in [-0.2, 0) is 6.18 Å². The Bertz CT molecular complexity index is 1120. The highest BCUT2D eigenvalue weighted by atomic mass is 19.4. The molecule has 0 aliphatic heterocycles. The molecule has 0 unspecified atom stereocenters. The first kappa shape index (κ1) is 20.9. The average Bonchev–Trinajstić information content (AvgIpc) is 2.67. The van der Waals surface area contributed by atoms with E-state index in [4.69, 9.17) is 4.74 Å². The van der Waals surface area contributed by atoms with Crippen molar-refractivity contribution in [3.05, 3.63) is 69.9 Å². The molecule has 30 heavy (non-hydrogen) atoms. The molecule has 156 valence electrons. The Morgan fingerprint density at radius 3 is 2.27 bits per heavy atom. The number of carbonyl (C=O) groups excluding carboxylic acids is 1. The largest absolute Gasteiger partial charge is 0.433 e. The third-order valence-corrected chi connectivity index (χ3v) is 3.80. The van der Waals surface area contributed by atoms with Gasteiger partial charge in [0.15, 0.2) is 5.75 Å². The van der Waals surface area contributed by atoms with Gasteiger partial charge in [-0.1, -0.05) is 0 Å². The molecule has 0 fully saturated rings. The highest BCUT2D eigenvalue weighted by molar-refractivity contribution is 6.05. The molecule has 0 amide bonds. The minimum Gasteiger partial charge on any atom is -0.432 e. The first-order valence-corrected chi connectivity index (χ1v) is 7.98. The number of non-ortho nitro benzene ring substituents is 1. The van der Waals surface area contributed by atoms with Gasteiger partial charge in [-0.15, -0.1) is 0 Å². The zero-order chi connectivity index (χ0) is 22.1. The normalized spacial score (nSPS) is 11.5. The molecule has 3 aromatic rings. The number of fused-ring (bicyclic) bond motifs is 1. The monoisotopic (exact) mass is 428 g/mol. The van der Waals surface area contributed by atoms with E-state index in [1.165, 1.54) is 0 Å². The minimum absolute atomic E-state index is 0.0773. The van der Waals surface area contributed by atoms with Crippen molar-refractivity contribution in [1.29, 1.82) is 0 Å². The van der Waals surface area contributed by atoms with Crippen LogP contribution in [-0.4, -0.2) is 22.5 Å². The van der Waals surface area contributed by atoms with Crippen LogP contribution in [0, 0.1) is 10.1 Å². The highest BCUT2D eigenvalue weighted by Gasteiger charge is 2.33. The quantitative estimate of drug-likeness (QED) is 0.187. The van der Waals surface area contributed by atoms with Gasteiger partial charge in [-0.25, -0.2) is 9.78 Å². The summed E-state index contributed by atoms with van der Waals surface area (Å²) in [6.07, 6.45) is -4.86. The number of pyridine rings is 1. The third-order valence-electron chi connectivity index (χ3n) is 3.80. The van der Waals surface area contributed by atoms with Crippen molar-refractivity contribution in [1.82, 2.24) is 4.98 Å². The van der Waals surface area contributed by atoms with Gasteiger partial charge in [0.2, 0.25) is 0 Å². The molecule has 2 aromatic carbocycles. The zero-order valence-corrected chi connectivity index (χ0v) is 14.5. The number of alkyl halides is 5. The summed E-state index contributed by atoms with van der Waals surface area (Å²) in [5.74, 6) is -1.77. The first-order valence-electron chi connectivity index (χ1n) is 7.98. The van der Waals surface area contributed by atoms with Crippen LogP contribution in [0.15, 0.2) is 48.5 Å². The lowest BCUT2D eigenvalue weighted by Gasteiger charge is -2.13. The molecule has 12 heteroatoms. The Morgan fingerprint density at radius 2 is 1.70 bits per heavy atom. The van der Waals surface area contributed by atoms with E-state index in [9.17, 15) is 36.9 Å². The molecule has 0 saturated carbocycles. The summed E-state index contributed by atoms with van der Waals surface area (Å²) in [4.78, 5) is 25.8. The molecule has 1 aromatic heterocycles. The summed E-state index contributed by atoms with van der Waals surface area (Å²) in [6, 6.07) is 7.82. The van der Waals surface area contributed by atoms with E-state index in [1.54, 1.807) is 0 Å². The van der Waals surface area contributed by atoms with E-state index >= 15 is 0 Å². The maximum absolute atomic E-state index is 13.0. The summed E-state index contributed by atoms with van der Waals surface area (Å²) in [6.45, 7) is -3.33. The fourth-order valence-electron chi connectivity index (χ4n) is 2.52. The molecule has 0 spiro atoms. The Morgan fingerprint density at radius 1 is 1.03 bits per heavy atom. The SMILES string of the molecule is O=C(Oc1ccc([N+](=O)[O-])cc1)c1ccc(OC(F)F)c2nc(C(F)(F)F)ccc12. The number of hydrogen-bond donors (Lipinski definition) is 0. The molecular formula is C18H9F5N2O5. The Kier molecular flexibility index (Phi) is 5.49. The molecule has 0 aliphatic rings. The van der Waals surface area contributed by atoms with E-state index in [1.807, 2.05) is 0 Å². The van der Waals surface area contributed by atoms with Crippen LogP contribution in [0.2, 0.25) is 0 Å². The van der Waals surface area contributed by atoms with E-state index < -0.39 is 40.6 Å². The molecule has 0 saturated heterocycles. The maximum Gasteiger partial charge on any atom is 0.433 e. The molecule has 0 radical (unpaired) electrons. The number of nitro groups is 1. The fourth-order valence-corrected chi connectivity index (χ4v) is 2.52. The topological polar surface area (TPSA) is 91.6 Å². The van der Waals surface area contributed by atoms with Crippen molar-refractivity contribution in [3.63, 3.8) is 0 Å². The predicted molar refractivity (Wildman–Crippen MR) is 91.4 cm³/mol. The molecule has 3 rings (SSSR count). The van der Waals surface area contributed by atoms with Crippen molar-refractivity contribution >= 4 is 22.6 Å². The van der Waals surface area contributed by atoms with Gasteiger partial charge in [-0.3, -0.25) is 10.1 Å². The van der Waals surface area contributed by atoms with E-state index in [0.717, 1.165) is 42.5 Å². The standard InChI is InChI=1S/C18H9F5N2O5/c19-17(20)30-13-7-5-12(11-6-8-14(18(21,22)23)24-15(11)13)16(26)29-10-3-1-9(2-4-10)25(27)28/h1-8,17H. The summed E-state index contributed by atoms with van der Waals surface area (Å²) in [7, 11) is 0. The lowest BCUT2D eigenvalue weighted by Crippen LogP contribution is -2.12. The highest BCUT2D eigenvalue weighted by Crippen LogP contribution is 2.34. The lowest BCUT2D eigenvalue weighted by molar-refractivity contribution is -0.384. The van der Waals surface area contributed by atoms with E-state index in [0.29, 0.717) is 6.07 Å². The zero-order valence-electron chi connectivity index (χ0n) is 14.5. The Labute approximate surface area is 163 Å². The number of aromatic nitrogens is 1. The number of ether oxygens (including phenoxy) is 2. The van der Waals surface area contributed by atoms with Crippen LogP contribution >= 0.6 is 0 Å². The molecule has 0 N–H and O–H groups in total. The van der Waals surface area contributed by atoms with Crippen LogP contribution in [0.25, 0.3) is 10.9 Å². The average molecular weight is 428 g/mol. The van der Waals surface area contributed by atoms with Crippen molar-refractivity contribution in [2.45, 2.75) is 12.8 Å². The summed E-state index contributed by atoms with van der Waals surface area (Å²) < 4.78 is 73.3. The third kappa shape index (κ3) is 4.42. The number of nitro benzene ring substituents is 1. The van der Waals surface area contributed by atoms with Gasteiger partial charge in [0, 0.05) is 17.5 Å². The number of halogens is 5. The van der Waals surface area contributed by atoms with E-state index in [-0.39, 0.29) is 22.4 Å². The van der Waals surface area contributed by atoms with Crippen LogP contribution < -0.4 is 9.47 Å². The molecule has 1 heterocycles.